The Balaban J connectivity index is 1.82. The fourth-order valence-corrected chi connectivity index (χ4v) is 3.74. The molecule has 1 aliphatic carbocycles. The monoisotopic (exact) mass is 330 g/mol. The molecular formula is C16H18N4O2S. The van der Waals surface area contributed by atoms with Gasteiger partial charge in [-0.15, -0.1) is 11.3 Å². The van der Waals surface area contributed by atoms with Gasteiger partial charge in [-0.2, -0.15) is 5.10 Å². The van der Waals surface area contributed by atoms with Gasteiger partial charge in [0.05, 0.1) is 0 Å². The zero-order chi connectivity index (χ0) is 16.0. The number of amides is 1. The largest absolute Gasteiger partial charge is 0.352 e. The molecular weight excluding hydrogens is 312 g/mol. The molecule has 3 aromatic rings. The van der Waals surface area contributed by atoms with Crippen LogP contribution in [0.3, 0.4) is 0 Å². The molecule has 1 saturated carbocycles. The highest BCUT2D eigenvalue weighted by Crippen LogP contribution is 2.25. The van der Waals surface area contributed by atoms with Gasteiger partial charge in [0.2, 0.25) is 5.91 Å². The maximum absolute atomic E-state index is 12.7. The van der Waals surface area contributed by atoms with Crippen LogP contribution in [-0.2, 0) is 17.8 Å². The van der Waals surface area contributed by atoms with Crippen LogP contribution in [0, 0.1) is 0 Å². The second-order valence-corrected chi connectivity index (χ2v) is 6.91. The molecule has 0 bridgehead atoms. The molecule has 0 unspecified atom stereocenters. The number of thiophene rings is 1. The van der Waals surface area contributed by atoms with Gasteiger partial charge in [0.1, 0.15) is 22.7 Å². The van der Waals surface area contributed by atoms with E-state index in [2.05, 4.69) is 17.3 Å². The van der Waals surface area contributed by atoms with E-state index in [1.54, 1.807) is 11.3 Å². The van der Waals surface area contributed by atoms with Crippen LogP contribution >= 0.6 is 11.3 Å². The third kappa shape index (κ3) is 2.55. The van der Waals surface area contributed by atoms with Gasteiger partial charge >= 0.3 is 0 Å². The van der Waals surface area contributed by atoms with Crippen molar-refractivity contribution in [2.45, 2.75) is 45.2 Å². The smallest absolute Gasteiger partial charge is 0.291 e. The van der Waals surface area contributed by atoms with Crippen LogP contribution in [0.4, 0.5) is 0 Å². The van der Waals surface area contributed by atoms with Crippen molar-refractivity contribution in [2.24, 2.45) is 0 Å². The third-order valence-corrected chi connectivity index (χ3v) is 4.98. The fraction of sp³-hybridized carbons (Fsp3) is 0.438. The van der Waals surface area contributed by atoms with Crippen molar-refractivity contribution < 1.29 is 4.79 Å². The molecule has 3 heterocycles. The first-order chi connectivity index (χ1) is 11.2. The number of nitrogens with one attached hydrogen (secondary N) is 1. The standard InChI is InChI=1S/C16H18N4O2S/c1-2-3-13-18-19(9-14(21)17-11-4-5-11)15(22)12-8-10-6-7-23-16(10)20(12)13/h6-8,11H,2-5,9H2,1H3,(H,17,21). The Hall–Kier alpha value is -2.15. The molecule has 6 nitrogen and oxygen atoms in total. The lowest BCUT2D eigenvalue weighted by molar-refractivity contribution is -0.122. The summed E-state index contributed by atoms with van der Waals surface area (Å²) in [7, 11) is 0. The minimum Gasteiger partial charge on any atom is -0.352 e. The molecule has 0 aliphatic heterocycles. The topological polar surface area (TPSA) is 68.4 Å². The Morgan fingerprint density at radius 2 is 2.30 bits per heavy atom. The summed E-state index contributed by atoms with van der Waals surface area (Å²) in [5.74, 6) is 0.695. The number of fused-ring (bicyclic) bond motifs is 3. The van der Waals surface area contributed by atoms with E-state index in [0.29, 0.717) is 5.52 Å². The van der Waals surface area contributed by atoms with E-state index in [1.165, 1.54) is 4.68 Å². The highest BCUT2D eigenvalue weighted by atomic mass is 32.1. The van der Waals surface area contributed by atoms with Crippen LogP contribution < -0.4 is 10.9 Å². The molecule has 4 rings (SSSR count). The van der Waals surface area contributed by atoms with Crippen molar-refractivity contribution in [3.63, 3.8) is 0 Å². The number of hydrogen-bond donors (Lipinski definition) is 1. The minimum absolute atomic E-state index is 0.0125. The first-order valence-electron chi connectivity index (χ1n) is 7.95. The van der Waals surface area contributed by atoms with E-state index in [1.807, 2.05) is 21.9 Å². The van der Waals surface area contributed by atoms with Gasteiger partial charge in [0.15, 0.2) is 0 Å². The molecule has 23 heavy (non-hydrogen) atoms. The Bertz CT molecular complexity index is 948. The maximum Gasteiger partial charge on any atom is 0.291 e. The van der Waals surface area contributed by atoms with Gasteiger partial charge in [-0.25, -0.2) is 4.68 Å². The fourth-order valence-electron chi connectivity index (χ4n) is 2.83. The van der Waals surface area contributed by atoms with Crippen LogP contribution in [0.15, 0.2) is 22.3 Å². The van der Waals surface area contributed by atoms with E-state index in [-0.39, 0.29) is 24.1 Å². The van der Waals surface area contributed by atoms with Gasteiger partial charge in [-0.1, -0.05) is 6.92 Å². The van der Waals surface area contributed by atoms with E-state index < -0.39 is 0 Å². The van der Waals surface area contributed by atoms with Crippen molar-refractivity contribution in [1.29, 1.82) is 0 Å². The second kappa shape index (κ2) is 5.49. The van der Waals surface area contributed by atoms with Gasteiger partial charge < -0.3 is 5.32 Å². The molecule has 0 spiro atoms. The normalized spacial score (nSPS) is 14.7. The first-order valence-corrected chi connectivity index (χ1v) is 8.83. The molecule has 0 saturated heterocycles. The van der Waals surface area contributed by atoms with E-state index in [9.17, 15) is 9.59 Å². The Kier molecular flexibility index (Phi) is 3.45. The SMILES string of the molecule is CCCc1nn(CC(=O)NC2CC2)c(=O)c2cc3ccsc3n12. The predicted octanol–water partition coefficient (Wildman–Crippen LogP) is 1.94. The molecule has 0 aromatic carbocycles. The molecule has 1 amide bonds. The quantitative estimate of drug-likeness (QED) is 0.777. The van der Waals surface area contributed by atoms with Crippen molar-refractivity contribution >= 4 is 33.0 Å². The number of aromatic nitrogens is 3. The van der Waals surface area contributed by atoms with Crippen molar-refractivity contribution in [2.75, 3.05) is 0 Å². The lowest BCUT2D eigenvalue weighted by atomic mass is 10.3. The molecule has 1 aliphatic rings. The zero-order valence-electron chi connectivity index (χ0n) is 12.9. The van der Waals surface area contributed by atoms with Crippen LogP contribution in [0.1, 0.15) is 32.0 Å². The Labute approximate surface area is 136 Å². The third-order valence-electron chi connectivity index (χ3n) is 4.07. The number of carbonyl (C=O) groups is 1. The number of aryl methyl sites for hydroxylation is 1. The zero-order valence-corrected chi connectivity index (χ0v) is 13.7. The van der Waals surface area contributed by atoms with Crippen LogP contribution in [0.25, 0.3) is 15.7 Å². The summed E-state index contributed by atoms with van der Waals surface area (Å²) < 4.78 is 3.25. The number of carbonyl (C=O) groups excluding carboxylic acids is 1. The summed E-state index contributed by atoms with van der Waals surface area (Å²) >= 11 is 1.60. The summed E-state index contributed by atoms with van der Waals surface area (Å²) in [5.41, 5.74) is 0.392. The van der Waals surface area contributed by atoms with Crippen LogP contribution in [0.5, 0.6) is 0 Å². The molecule has 120 valence electrons. The lowest BCUT2D eigenvalue weighted by Gasteiger charge is -2.10. The Morgan fingerprint density at radius 1 is 1.48 bits per heavy atom. The van der Waals surface area contributed by atoms with E-state index in [0.717, 1.165) is 41.7 Å². The summed E-state index contributed by atoms with van der Waals surface area (Å²) in [6, 6.07) is 4.19. The van der Waals surface area contributed by atoms with Crippen LogP contribution in [-0.4, -0.2) is 26.1 Å². The molecule has 1 N–H and O–H groups in total. The molecule has 0 radical (unpaired) electrons. The van der Waals surface area contributed by atoms with E-state index >= 15 is 0 Å². The molecule has 3 aromatic heterocycles. The summed E-state index contributed by atoms with van der Waals surface area (Å²) in [6.45, 7) is 2.07. The summed E-state index contributed by atoms with van der Waals surface area (Å²) in [4.78, 5) is 25.8. The summed E-state index contributed by atoms with van der Waals surface area (Å²) in [6.07, 6.45) is 3.76. The van der Waals surface area contributed by atoms with Crippen molar-refractivity contribution in [3.05, 3.63) is 33.7 Å². The lowest BCUT2D eigenvalue weighted by Crippen LogP contribution is -2.36. The highest BCUT2D eigenvalue weighted by molar-refractivity contribution is 7.16. The minimum atomic E-state index is -0.209. The predicted molar refractivity (Wildman–Crippen MR) is 90.0 cm³/mol. The Morgan fingerprint density at radius 3 is 3.04 bits per heavy atom. The number of hydrogen-bond acceptors (Lipinski definition) is 4. The van der Waals surface area contributed by atoms with E-state index in [4.69, 9.17) is 0 Å². The van der Waals surface area contributed by atoms with Gasteiger partial charge in [0, 0.05) is 17.8 Å². The van der Waals surface area contributed by atoms with Gasteiger partial charge in [-0.05, 0) is 36.8 Å². The average molecular weight is 330 g/mol. The van der Waals surface area contributed by atoms with Gasteiger partial charge in [0.25, 0.3) is 5.56 Å². The molecule has 1 fully saturated rings. The first kappa shape index (κ1) is 14.4. The molecule has 0 atom stereocenters. The highest BCUT2D eigenvalue weighted by Gasteiger charge is 2.24. The average Bonchev–Trinajstić information content (AvgIpc) is 3.07. The van der Waals surface area contributed by atoms with Crippen molar-refractivity contribution in [1.82, 2.24) is 19.5 Å². The van der Waals surface area contributed by atoms with Crippen LogP contribution in [0.2, 0.25) is 0 Å². The van der Waals surface area contributed by atoms with Gasteiger partial charge in [-0.3, -0.25) is 14.0 Å². The summed E-state index contributed by atoms with van der Waals surface area (Å²) in [5, 5.41) is 10.4. The second-order valence-electron chi connectivity index (χ2n) is 6.02. The molecule has 7 heteroatoms. The number of nitrogens with zero attached hydrogens (tertiary/aromatic N) is 3. The number of rotatable bonds is 5. The maximum atomic E-state index is 12.7. The van der Waals surface area contributed by atoms with Crippen molar-refractivity contribution in [3.8, 4) is 0 Å².